The Morgan fingerprint density at radius 3 is 2.83 bits per heavy atom. The van der Waals surface area contributed by atoms with E-state index in [2.05, 4.69) is 37.1 Å². The Hall–Kier alpha value is -0.740. The fraction of sp³-hybridized carbons (Fsp3) is 0.643. The summed E-state index contributed by atoms with van der Waals surface area (Å²) < 4.78 is 0. The molecule has 0 aliphatic heterocycles. The van der Waals surface area contributed by atoms with Gasteiger partial charge in [0, 0.05) is 23.2 Å². The number of hydrogen-bond acceptors (Lipinski definition) is 4. The van der Waals surface area contributed by atoms with Crippen LogP contribution < -0.4 is 11.1 Å². The van der Waals surface area contributed by atoms with Crippen molar-refractivity contribution in [2.24, 2.45) is 0 Å². The monoisotopic (exact) mass is 267 g/mol. The number of likely N-dealkylation sites (N-methyl/N-ethyl adjacent to an activating group) is 1. The summed E-state index contributed by atoms with van der Waals surface area (Å²) in [7, 11) is 0. The first-order valence-corrected chi connectivity index (χ1v) is 7.76. The Morgan fingerprint density at radius 2 is 2.22 bits per heavy atom. The molecule has 0 aliphatic rings. The molecule has 18 heavy (non-hydrogen) atoms. The van der Waals surface area contributed by atoms with Gasteiger partial charge in [-0.3, -0.25) is 0 Å². The van der Waals surface area contributed by atoms with Crippen LogP contribution >= 0.6 is 11.8 Å². The molecule has 2 unspecified atom stereocenters. The van der Waals surface area contributed by atoms with Gasteiger partial charge >= 0.3 is 0 Å². The van der Waals surface area contributed by atoms with Crippen LogP contribution in [0.5, 0.6) is 0 Å². The molecule has 2 atom stereocenters. The van der Waals surface area contributed by atoms with Gasteiger partial charge in [0.25, 0.3) is 0 Å². The SMILES string of the molecule is CCNC(CSC(C)CC)Cc1ccnc(N)c1. The molecular weight excluding hydrogens is 242 g/mol. The summed E-state index contributed by atoms with van der Waals surface area (Å²) in [4.78, 5) is 4.03. The Labute approximate surface area is 115 Å². The molecule has 0 amide bonds. The molecule has 1 rings (SSSR count). The van der Waals surface area contributed by atoms with Crippen molar-refractivity contribution in [1.29, 1.82) is 0 Å². The number of nitrogens with two attached hydrogens (primary N) is 1. The lowest BCUT2D eigenvalue weighted by Crippen LogP contribution is -2.33. The van der Waals surface area contributed by atoms with Gasteiger partial charge in [-0.25, -0.2) is 4.98 Å². The van der Waals surface area contributed by atoms with Gasteiger partial charge in [-0.05, 0) is 37.1 Å². The first-order valence-electron chi connectivity index (χ1n) is 6.71. The third-order valence-electron chi connectivity index (χ3n) is 2.98. The number of nitrogens with zero attached hydrogens (tertiary/aromatic N) is 1. The van der Waals surface area contributed by atoms with Crippen LogP contribution in [-0.2, 0) is 6.42 Å². The molecule has 3 nitrogen and oxygen atoms in total. The van der Waals surface area contributed by atoms with Crippen LogP contribution in [0.2, 0.25) is 0 Å². The summed E-state index contributed by atoms with van der Waals surface area (Å²) in [6.45, 7) is 7.69. The van der Waals surface area contributed by atoms with E-state index >= 15 is 0 Å². The molecule has 3 N–H and O–H groups in total. The van der Waals surface area contributed by atoms with Gasteiger partial charge in [0.15, 0.2) is 0 Å². The van der Waals surface area contributed by atoms with Crippen molar-refractivity contribution in [2.45, 2.75) is 44.9 Å². The minimum atomic E-state index is 0.510. The van der Waals surface area contributed by atoms with E-state index in [1.165, 1.54) is 12.0 Å². The minimum absolute atomic E-state index is 0.510. The second kappa shape index (κ2) is 8.38. The van der Waals surface area contributed by atoms with Crippen LogP contribution in [0.4, 0.5) is 5.82 Å². The van der Waals surface area contributed by atoms with Crippen LogP contribution in [0.1, 0.15) is 32.8 Å². The molecule has 0 fully saturated rings. The van der Waals surface area contributed by atoms with Crippen LogP contribution in [0.15, 0.2) is 18.3 Å². The molecule has 1 aromatic heterocycles. The Balaban J connectivity index is 2.51. The zero-order chi connectivity index (χ0) is 13.4. The maximum Gasteiger partial charge on any atom is 0.123 e. The van der Waals surface area contributed by atoms with Crippen molar-refractivity contribution < 1.29 is 0 Å². The van der Waals surface area contributed by atoms with Crippen molar-refractivity contribution >= 4 is 17.6 Å². The maximum absolute atomic E-state index is 5.72. The molecule has 1 heterocycles. The maximum atomic E-state index is 5.72. The highest BCUT2D eigenvalue weighted by molar-refractivity contribution is 7.99. The summed E-state index contributed by atoms with van der Waals surface area (Å²) in [5, 5.41) is 4.28. The number of rotatable bonds is 8. The van der Waals surface area contributed by atoms with Crippen molar-refractivity contribution in [3.05, 3.63) is 23.9 Å². The Morgan fingerprint density at radius 1 is 1.44 bits per heavy atom. The Kier molecular flexibility index (Phi) is 7.13. The molecule has 0 saturated carbocycles. The summed E-state index contributed by atoms with van der Waals surface area (Å²) in [5.74, 6) is 1.75. The van der Waals surface area contributed by atoms with Crippen LogP contribution in [-0.4, -0.2) is 28.6 Å². The van der Waals surface area contributed by atoms with Crippen LogP contribution in [0.25, 0.3) is 0 Å². The average molecular weight is 267 g/mol. The van der Waals surface area contributed by atoms with E-state index in [1.54, 1.807) is 6.20 Å². The number of nitrogen functional groups attached to an aromatic ring is 1. The number of thioether (sulfide) groups is 1. The van der Waals surface area contributed by atoms with E-state index in [0.717, 1.165) is 24.0 Å². The topological polar surface area (TPSA) is 50.9 Å². The summed E-state index contributed by atoms with van der Waals surface area (Å²) >= 11 is 2.04. The lowest BCUT2D eigenvalue weighted by Gasteiger charge is -2.19. The van der Waals surface area contributed by atoms with Crippen molar-refractivity contribution in [2.75, 3.05) is 18.0 Å². The molecule has 0 radical (unpaired) electrons. The zero-order valence-electron chi connectivity index (χ0n) is 11.6. The van der Waals surface area contributed by atoms with E-state index in [4.69, 9.17) is 5.73 Å². The van der Waals surface area contributed by atoms with Gasteiger partial charge in [0.2, 0.25) is 0 Å². The molecular formula is C14H25N3S. The number of nitrogens with one attached hydrogen (secondary N) is 1. The summed E-state index contributed by atoms with van der Waals surface area (Å²) in [6, 6.07) is 4.53. The molecule has 0 aromatic carbocycles. The van der Waals surface area contributed by atoms with Gasteiger partial charge in [-0.15, -0.1) is 0 Å². The molecule has 0 aliphatic carbocycles. The fourth-order valence-electron chi connectivity index (χ4n) is 1.78. The van der Waals surface area contributed by atoms with Gasteiger partial charge in [0.1, 0.15) is 5.82 Å². The van der Waals surface area contributed by atoms with E-state index in [-0.39, 0.29) is 0 Å². The lowest BCUT2D eigenvalue weighted by atomic mass is 10.1. The van der Waals surface area contributed by atoms with E-state index < -0.39 is 0 Å². The molecule has 102 valence electrons. The fourth-order valence-corrected chi connectivity index (χ4v) is 2.82. The predicted molar refractivity (Wildman–Crippen MR) is 82.0 cm³/mol. The smallest absolute Gasteiger partial charge is 0.123 e. The quantitative estimate of drug-likeness (QED) is 0.760. The highest BCUT2D eigenvalue weighted by atomic mass is 32.2. The highest BCUT2D eigenvalue weighted by Crippen LogP contribution is 2.17. The zero-order valence-corrected chi connectivity index (χ0v) is 12.5. The molecule has 0 spiro atoms. The lowest BCUT2D eigenvalue weighted by molar-refractivity contribution is 0.571. The number of anilines is 1. The third-order valence-corrected chi connectivity index (χ3v) is 4.47. The van der Waals surface area contributed by atoms with Crippen LogP contribution in [0.3, 0.4) is 0 Å². The van der Waals surface area contributed by atoms with Gasteiger partial charge in [0.05, 0.1) is 0 Å². The van der Waals surface area contributed by atoms with Crippen molar-refractivity contribution in [1.82, 2.24) is 10.3 Å². The highest BCUT2D eigenvalue weighted by Gasteiger charge is 2.10. The van der Waals surface area contributed by atoms with Gasteiger partial charge < -0.3 is 11.1 Å². The third kappa shape index (κ3) is 5.74. The first-order chi connectivity index (χ1) is 8.65. The molecule has 1 aromatic rings. The van der Waals surface area contributed by atoms with E-state index in [9.17, 15) is 0 Å². The van der Waals surface area contributed by atoms with Crippen molar-refractivity contribution in [3.8, 4) is 0 Å². The first kappa shape index (κ1) is 15.3. The number of aromatic nitrogens is 1. The minimum Gasteiger partial charge on any atom is -0.384 e. The Bertz CT molecular complexity index is 344. The van der Waals surface area contributed by atoms with Gasteiger partial charge in [-0.1, -0.05) is 20.8 Å². The summed E-state index contributed by atoms with van der Waals surface area (Å²) in [5.41, 5.74) is 6.98. The second-order valence-corrected chi connectivity index (χ2v) is 6.07. The number of hydrogen-bond donors (Lipinski definition) is 2. The average Bonchev–Trinajstić information content (AvgIpc) is 2.36. The predicted octanol–water partition coefficient (Wildman–Crippen LogP) is 2.72. The van der Waals surface area contributed by atoms with E-state index in [0.29, 0.717) is 11.9 Å². The van der Waals surface area contributed by atoms with Crippen LogP contribution in [0, 0.1) is 0 Å². The van der Waals surface area contributed by atoms with Gasteiger partial charge in [-0.2, -0.15) is 11.8 Å². The molecule has 0 bridgehead atoms. The standard InChI is InChI=1S/C14H25N3S/c1-4-11(3)18-10-13(16-5-2)8-12-6-7-17-14(15)9-12/h6-7,9,11,13,16H,4-5,8,10H2,1-3H3,(H2,15,17). The molecule has 4 heteroatoms. The summed E-state index contributed by atoms with van der Waals surface area (Å²) in [6.07, 6.45) is 4.03. The molecule has 0 saturated heterocycles. The van der Waals surface area contributed by atoms with E-state index in [1.807, 2.05) is 17.8 Å². The second-order valence-electron chi connectivity index (χ2n) is 4.60. The van der Waals surface area contributed by atoms with Crippen molar-refractivity contribution in [3.63, 3.8) is 0 Å². The largest absolute Gasteiger partial charge is 0.384 e. The number of pyridine rings is 1. The normalized spacial score (nSPS) is 14.4.